The van der Waals surface area contributed by atoms with Crippen LogP contribution in [0.2, 0.25) is 0 Å². The number of nitrogens with one attached hydrogen (secondary N) is 1. The van der Waals surface area contributed by atoms with Crippen molar-refractivity contribution in [2.24, 2.45) is 0 Å². The van der Waals surface area contributed by atoms with Gasteiger partial charge in [0.1, 0.15) is 5.94 Å². The minimum absolute atomic E-state index is 0.199. The van der Waals surface area contributed by atoms with Crippen LogP contribution in [-0.2, 0) is 9.63 Å². The van der Waals surface area contributed by atoms with Crippen LogP contribution in [-0.4, -0.2) is 23.3 Å². The molecule has 18 heavy (non-hydrogen) atoms. The molecular weight excluding hydrogens is 232 g/mol. The molecule has 1 aliphatic rings. The van der Waals surface area contributed by atoms with E-state index in [9.17, 15) is 9.90 Å². The fourth-order valence-corrected chi connectivity index (χ4v) is 1.81. The van der Waals surface area contributed by atoms with E-state index in [1.807, 2.05) is 32.8 Å². The Morgan fingerprint density at radius 3 is 2.72 bits per heavy atom. The summed E-state index contributed by atoms with van der Waals surface area (Å²) in [7, 11) is 0. The van der Waals surface area contributed by atoms with Crippen molar-refractivity contribution in [3.8, 4) is 0 Å². The second kappa shape index (κ2) is 4.46. The molecule has 5 heteroatoms. The standard InChI is InChI=1S/C13H16N2O3/c1-13(2,3)18-15-11-6-4-5-9(7-16)12(11)10(8-17)14-15/h4-6,14,17H,8H2,1-3H3. The molecule has 1 heterocycles. The molecule has 2 N–H and O–H groups in total. The first-order valence-electron chi connectivity index (χ1n) is 5.70. The number of rotatable bonds is 2. The van der Waals surface area contributed by atoms with Crippen molar-refractivity contribution in [1.82, 2.24) is 5.43 Å². The monoisotopic (exact) mass is 248 g/mol. The zero-order valence-corrected chi connectivity index (χ0v) is 10.7. The van der Waals surface area contributed by atoms with Gasteiger partial charge in [-0.3, -0.25) is 5.43 Å². The maximum absolute atomic E-state index is 10.9. The largest absolute Gasteiger partial charge is 0.390 e. The van der Waals surface area contributed by atoms with Crippen molar-refractivity contribution < 1.29 is 14.7 Å². The normalized spacial score (nSPS) is 14.2. The summed E-state index contributed by atoms with van der Waals surface area (Å²) < 4.78 is 0. The first kappa shape index (κ1) is 12.6. The van der Waals surface area contributed by atoms with Crippen molar-refractivity contribution >= 4 is 17.3 Å². The van der Waals surface area contributed by atoms with E-state index in [1.165, 1.54) is 5.17 Å². The van der Waals surface area contributed by atoms with Crippen molar-refractivity contribution in [2.75, 3.05) is 11.8 Å². The van der Waals surface area contributed by atoms with Gasteiger partial charge in [-0.05, 0) is 32.9 Å². The Balaban J connectivity index is 2.56. The van der Waals surface area contributed by atoms with Gasteiger partial charge < -0.3 is 5.11 Å². The first-order chi connectivity index (χ1) is 8.46. The summed E-state index contributed by atoms with van der Waals surface area (Å²) in [5, 5.41) is 11.9. The van der Waals surface area contributed by atoms with Crippen molar-refractivity contribution in [3.63, 3.8) is 0 Å². The molecule has 0 fully saturated rings. The Bertz CT molecular complexity index is 598. The molecule has 0 saturated carbocycles. The number of hydrogen-bond acceptors (Lipinski definition) is 5. The first-order valence-corrected chi connectivity index (χ1v) is 5.70. The van der Waals surface area contributed by atoms with Gasteiger partial charge in [0.2, 0.25) is 0 Å². The van der Waals surface area contributed by atoms with E-state index in [0.29, 0.717) is 21.8 Å². The van der Waals surface area contributed by atoms with E-state index >= 15 is 0 Å². The summed E-state index contributed by atoms with van der Waals surface area (Å²) in [6, 6.07) is 5.22. The van der Waals surface area contributed by atoms with Crippen molar-refractivity contribution in [3.05, 3.63) is 28.6 Å². The third-order valence-corrected chi connectivity index (χ3v) is 2.43. The van der Waals surface area contributed by atoms with Gasteiger partial charge in [0, 0.05) is 5.22 Å². The molecule has 0 spiro atoms. The lowest BCUT2D eigenvalue weighted by molar-refractivity contribution is -0.0300. The van der Waals surface area contributed by atoms with Crippen LogP contribution in [0.5, 0.6) is 0 Å². The smallest absolute Gasteiger partial charge is 0.133 e. The predicted molar refractivity (Wildman–Crippen MR) is 67.4 cm³/mol. The Morgan fingerprint density at radius 1 is 1.44 bits per heavy atom. The molecule has 0 aliphatic carbocycles. The number of hydrogen-bond donors (Lipinski definition) is 2. The van der Waals surface area contributed by atoms with Crippen LogP contribution in [0, 0.1) is 0 Å². The summed E-state index contributed by atoms with van der Waals surface area (Å²) in [6.45, 7) is 5.55. The zero-order chi connectivity index (χ0) is 13.3. The van der Waals surface area contributed by atoms with E-state index in [-0.39, 0.29) is 6.61 Å². The SMILES string of the molecule is CC(C)(C)ON1NC(CO)=c2c1cccc2=C=O. The Labute approximate surface area is 105 Å². The fraction of sp³-hybridized carbons (Fsp3) is 0.385. The number of carbonyl (C=O) groups excluding carboxylic acids is 1. The third-order valence-electron chi connectivity index (χ3n) is 2.43. The van der Waals surface area contributed by atoms with E-state index in [4.69, 9.17) is 4.84 Å². The average Bonchev–Trinajstić information content (AvgIpc) is 2.65. The highest BCUT2D eigenvalue weighted by Crippen LogP contribution is 2.18. The molecule has 1 aliphatic heterocycles. The van der Waals surface area contributed by atoms with E-state index in [0.717, 1.165) is 0 Å². The van der Waals surface area contributed by atoms with Crippen molar-refractivity contribution in [2.45, 2.75) is 26.4 Å². The molecule has 0 aromatic heterocycles. The lowest BCUT2D eigenvalue weighted by atomic mass is 10.2. The molecule has 0 amide bonds. The Morgan fingerprint density at radius 2 is 2.17 bits per heavy atom. The molecule has 0 bridgehead atoms. The molecule has 0 atom stereocenters. The van der Waals surface area contributed by atoms with Gasteiger partial charge in [0.15, 0.2) is 0 Å². The maximum Gasteiger partial charge on any atom is 0.133 e. The van der Waals surface area contributed by atoms with Crippen LogP contribution < -0.4 is 21.0 Å². The Kier molecular flexibility index (Phi) is 3.13. The van der Waals surface area contributed by atoms with Gasteiger partial charge in [-0.2, -0.15) is 5.17 Å². The van der Waals surface area contributed by atoms with Gasteiger partial charge in [-0.25, -0.2) is 9.63 Å². The molecule has 2 rings (SSSR count). The molecule has 1 aromatic carbocycles. The number of anilines is 1. The summed E-state index contributed by atoms with van der Waals surface area (Å²) in [5.41, 5.74) is 3.78. The average molecular weight is 248 g/mol. The van der Waals surface area contributed by atoms with Gasteiger partial charge in [-0.15, -0.1) is 0 Å². The van der Waals surface area contributed by atoms with Crippen molar-refractivity contribution in [1.29, 1.82) is 0 Å². The third kappa shape index (κ3) is 2.24. The topological polar surface area (TPSA) is 61.8 Å². The summed E-state index contributed by atoms with van der Waals surface area (Å²) in [5.74, 6) is 1.87. The molecule has 1 aromatic rings. The lowest BCUT2D eigenvalue weighted by Gasteiger charge is -2.28. The van der Waals surface area contributed by atoms with Crippen LogP contribution in [0.15, 0.2) is 18.2 Å². The Hall–Kier alpha value is -1.81. The summed E-state index contributed by atoms with van der Waals surface area (Å²) >= 11 is 0. The predicted octanol–water partition coefficient (Wildman–Crippen LogP) is -0.655. The van der Waals surface area contributed by atoms with Crippen LogP contribution in [0.1, 0.15) is 20.8 Å². The number of fused-ring (bicyclic) bond motifs is 1. The second-order valence-corrected chi connectivity index (χ2v) is 5.05. The quantitative estimate of drug-likeness (QED) is 0.728. The van der Waals surface area contributed by atoms with Gasteiger partial charge in [0.05, 0.1) is 28.8 Å². The van der Waals surface area contributed by atoms with Gasteiger partial charge in [-0.1, -0.05) is 6.07 Å². The van der Waals surface area contributed by atoms with E-state index < -0.39 is 5.60 Å². The number of nitrogens with zero attached hydrogens (tertiary/aromatic N) is 1. The van der Waals surface area contributed by atoms with Crippen LogP contribution in [0.3, 0.4) is 0 Å². The molecule has 0 saturated heterocycles. The van der Waals surface area contributed by atoms with E-state index in [2.05, 4.69) is 5.43 Å². The summed E-state index contributed by atoms with van der Waals surface area (Å²) in [6.07, 6.45) is 0. The fourth-order valence-electron chi connectivity index (χ4n) is 1.81. The number of hydrazine groups is 1. The minimum Gasteiger partial charge on any atom is -0.390 e. The molecule has 5 nitrogen and oxygen atoms in total. The molecule has 0 radical (unpaired) electrons. The number of aliphatic hydroxyl groups excluding tert-OH is 1. The van der Waals surface area contributed by atoms with Gasteiger partial charge >= 0.3 is 0 Å². The highest BCUT2D eigenvalue weighted by atomic mass is 16.7. The second-order valence-electron chi connectivity index (χ2n) is 5.05. The highest BCUT2D eigenvalue weighted by Gasteiger charge is 2.25. The van der Waals surface area contributed by atoms with Crippen LogP contribution >= 0.6 is 0 Å². The maximum atomic E-state index is 10.9. The molecular formula is C13H16N2O3. The molecule has 0 unspecified atom stereocenters. The number of aliphatic hydroxyl groups is 1. The molecule has 96 valence electrons. The van der Waals surface area contributed by atoms with Gasteiger partial charge in [0.25, 0.3) is 0 Å². The van der Waals surface area contributed by atoms with E-state index in [1.54, 1.807) is 12.1 Å². The summed E-state index contributed by atoms with van der Waals surface area (Å²) in [4.78, 5) is 16.6. The zero-order valence-electron chi connectivity index (χ0n) is 10.7. The number of benzene rings is 1. The lowest BCUT2D eigenvalue weighted by Crippen LogP contribution is -2.40. The van der Waals surface area contributed by atoms with Crippen LogP contribution in [0.4, 0.5) is 5.69 Å². The highest BCUT2D eigenvalue weighted by molar-refractivity contribution is 5.66. The minimum atomic E-state index is -0.393. The van der Waals surface area contributed by atoms with Crippen LogP contribution in [0.25, 0.3) is 5.70 Å².